The van der Waals surface area contributed by atoms with Crippen LogP contribution in [0, 0.1) is 20.8 Å². The van der Waals surface area contributed by atoms with Gasteiger partial charge in [0.2, 0.25) is 0 Å². The van der Waals surface area contributed by atoms with Crippen molar-refractivity contribution in [3.63, 3.8) is 0 Å². The van der Waals surface area contributed by atoms with Crippen molar-refractivity contribution in [1.82, 2.24) is 4.90 Å². The average molecular weight is 203 g/mol. The maximum Gasteiger partial charge on any atom is 0.0227 e. The van der Waals surface area contributed by atoms with E-state index in [2.05, 4.69) is 58.5 Å². The molecule has 0 aliphatic rings. The smallest absolute Gasteiger partial charge is 0.0227 e. The third-order valence-corrected chi connectivity index (χ3v) is 2.70. The number of aryl methyl sites for hydroxylation is 2. The second-order valence-electron chi connectivity index (χ2n) is 4.60. The number of hydrogen-bond acceptors (Lipinski definition) is 1. The van der Waals surface area contributed by atoms with Crippen molar-refractivity contribution in [2.24, 2.45) is 0 Å². The summed E-state index contributed by atoms with van der Waals surface area (Å²) in [6.45, 7) is 11.6. The summed E-state index contributed by atoms with van der Waals surface area (Å²) in [6, 6.07) is 4.45. The zero-order valence-electron chi connectivity index (χ0n) is 10.5. The SMILES string of the molecule is C=C(CN(C)C)c1cc(C)cc(C)c1C. The Bertz CT molecular complexity index is 375. The standard InChI is InChI=1S/C14H21N/c1-10-7-11(2)13(4)14(8-10)12(3)9-15(5)6/h7-8H,3,9H2,1-2,4-6H3. The van der Waals surface area contributed by atoms with Gasteiger partial charge in [-0.25, -0.2) is 0 Å². The fraction of sp³-hybridized carbons (Fsp3) is 0.429. The molecule has 0 atom stereocenters. The van der Waals surface area contributed by atoms with Crippen LogP contribution in [0.15, 0.2) is 18.7 Å². The van der Waals surface area contributed by atoms with Gasteiger partial charge in [0, 0.05) is 6.54 Å². The molecular weight excluding hydrogens is 182 g/mol. The van der Waals surface area contributed by atoms with Gasteiger partial charge >= 0.3 is 0 Å². The summed E-state index contributed by atoms with van der Waals surface area (Å²) < 4.78 is 0. The lowest BCUT2D eigenvalue weighted by molar-refractivity contribution is 0.463. The minimum Gasteiger partial charge on any atom is -0.305 e. The Morgan fingerprint density at radius 2 is 1.80 bits per heavy atom. The topological polar surface area (TPSA) is 3.24 Å². The largest absolute Gasteiger partial charge is 0.305 e. The molecule has 0 saturated carbocycles. The van der Waals surface area contributed by atoms with Gasteiger partial charge in [-0.1, -0.05) is 24.3 Å². The molecule has 0 bridgehead atoms. The summed E-state index contributed by atoms with van der Waals surface area (Å²) in [6.07, 6.45) is 0. The van der Waals surface area contributed by atoms with Gasteiger partial charge in [-0.3, -0.25) is 0 Å². The molecule has 0 aliphatic carbocycles. The molecule has 0 spiro atoms. The molecule has 0 amide bonds. The quantitative estimate of drug-likeness (QED) is 0.729. The lowest BCUT2D eigenvalue weighted by Gasteiger charge is -2.16. The van der Waals surface area contributed by atoms with Gasteiger partial charge in [0.1, 0.15) is 0 Å². The Kier molecular flexibility index (Phi) is 3.70. The molecule has 0 fully saturated rings. The summed E-state index contributed by atoms with van der Waals surface area (Å²) in [5.74, 6) is 0. The number of likely N-dealkylation sites (N-methyl/N-ethyl adjacent to an activating group) is 1. The highest BCUT2D eigenvalue weighted by atomic mass is 15.0. The Morgan fingerprint density at radius 1 is 1.20 bits per heavy atom. The normalized spacial score (nSPS) is 10.8. The zero-order valence-corrected chi connectivity index (χ0v) is 10.5. The molecule has 82 valence electrons. The van der Waals surface area contributed by atoms with Crippen LogP contribution in [0.25, 0.3) is 5.57 Å². The minimum absolute atomic E-state index is 0.920. The van der Waals surface area contributed by atoms with Gasteiger partial charge in [0.15, 0.2) is 0 Å². The Morgan fingerprint density at radius 3 is 2.33 bits per heavy atom. The van der Waals surface area contributed by atoms with E-state index in [9.17, 15) is 0 Å². The summed E-state index contributed by atoms with van der Waals surface area (Å²) >= 11 is 0. The lowest BCUT2D eigenvalue weighted by atomic mass is 9.95. The highest BCUT2D eigenvalue weighted by molar-refractivity contribution is 5.69. The average Bonchev–Trinajstić information content (AvgIpc) is 2.09. The first-order chi connectivity index (χ1) is 6.91. The predicted molar refractivity (Wildman–Crippen MR) is 68.2 cm³/mol. The first-order valence-corrected chi connectivity index (χ1v) is 5.32. The molecule has 0 heterocycles. The summed E-state index contributed by atoms with van der Waals surface area (Å²) in [4.78, 5) is 2.15. The van der Waals surface area contributed by atoms with E-state index in [1.807, 2.05) is 0 Å². The van der Waals surface area contributed by atoms with Crippen molar-refractivity contribution in [3.8, 4) is 0 Å². The Hall–Kier alpha value is -1.08. The van der Waals surface area contributed by atoms with Gasteiger partial charge < -0.3 is 4.90 Å². The molecule has 0 unspecified atom stereocenters. The number of rotatable bonds is 3. The molecule has 1 aromatic rings. The summed E-state index contributed by atoms with van der Waals surface area (Å²) in [7, 11) is 4.15. The molecule has 1 nitrogen and oxygen atoms in total. The van der Waals surface area contributed by atoms with Crippen molar-refractivity contribution in [2.45, 2.75) is 20.8 Å². The van der Waals surface area contributed by atoms with E-state index in [0.29, 0.717) is 0 Å². The Labute approximate surface area is 93.4 Å². The third-order valence-electron chi connectivity index (χ3n) is 2.70. The van der Waals surface area contributed by atoms with Crippen LogP contribution in [0.1, 0.15) is 22.3 Å². The van der Waals surface area contributed by atoms with E-state index < -0.39 is 0 Å². The first-order valence-electron chi connectivity index (χ1n) is 5.32. The van der Waals surface area contributed by atoms with E-state index in [4.69, 9.17) is 0 Å². The van der Waals surface area contributed by atoms with Gasteiger partial charge in [-0.15, -0.1) is 0 Å². The molecule has 15 heavy (non-hydrogen) atoms. The molecule has 1 heteroatoms. The second kappa shape index (κ2) is 4.63. The first kappa shape index (κ1) is 12.0. The molecular formula is C14H21N. The van der Waals surface area contributed by atoms with Gasteiger partial charge in [0.05, 0.1) is 0 Å². The fourth-order valence-corrected chi connectivity index (χ4v) is 1.87. The van der Waals surface area contributed by atoms with Crippen LogP contribution in [0.4, 0.5) is 0 Å². The lowest BCUT2D eigenvalue weighted by Crippen LogP contribution is -2.14. The monoisotopic (exact) mass is 203 g/mol. The van der Waals surface area contributed by atoms with Crippen LogP contribution < -0.4 is 0 Å². The predicted octanol–water partition coefficient (Wildman–Crippen LogP) is 3.19. The van der Waals surface area contributed by atoms with Crippen LogP contribution in [0.3, 0.4) is 0 Å². The van der Waals surface area contributed by atoms with Gasteiger partial charge in [0.25, 0.3) is 0 Å². The highest BCUT2D eigenvalue weighted by Crippen LogP contribution is 2.22. The minimum atomic E-state index is 0.920. The van der Waals surface area contributed by atoms with E-state index >= 15 is 0 Å². The van der Waals surface area contributed by atoms with Crippen LogP contribution >= 0.6 is 0 Å². The van der Waals surface area contributed by atoms with Crippen molar-refractivity contribution in [2.75, 3.05) is 20.6 Å². The second-order valence-corrected chi connectivity index (χ2v) is 4.60. The van der Waals surface area contributed by atoms with Crippen molar-refractivity contribution < 1.29 is 0 Å². The molecule has 0 saturated heterocycles. The molecule has 0 N–H and O–H groups in total. The summed E-state index contributed by atoms with van der Waals surface area (Å²) in [5, 5.41) is 0. The molecule has 0 aliphatic heterocycles. The molecule has 1 aromatic carbocycles. The molecule has 1 rings (SSSR count). The maximum atomic E-state index is 4.17. The zero-order chi connectivity index (χ0) is 11.6. The van der Waals surface area contributed by atoms with Crippen molar-refractivity contribution >= 4 is 5.57 Å². The summed E-state index contributed by atoms with van der Waals surface area (Å²) in [5.41, 5.74) is 6.52. The van der Waals surface area contributed by atoms with Crippen LogP contribution in [-0.4, -0.2) is 25.5 Å². The third kappa shape index (κ3) is 2.93. The van der Waals surface area contributed by atoms with Crippen molar-refractivity contribution in [3.05, 3.63) is 41.0 Å². The molecule has 0 radical (unpaired) electrons. The fourth-order valence-electron chi connectivity index (χ4n) is 1.87. The van der Waals surface area contributed by atoms with Crippen LogP contribution in [-0.2, 0) is 0 Å². The maximum absolute atomic E-state index is 4.17. The van der Waals surface area contributed by atoms with Crippen LogP contribution in [0.5, 0.6) is 0 Å². The molecule has 0 aromatic heterocycles. The van der Waals surface area contributed by atoms with Gasteiger partial charge in [-0.2, -0.15) is 0 Å². The highest BCUT2D eigenvalue weighted by Gasteiger charge is 2.06. The Balaban J connectivity index is 3.08. The number of benzene rings is 1. The number of hydrogen-bond donors (Lipinski definition) is 0. The van der Waals surface area contributed by atoms with E-state index in [-0.39, 0.29) is 0 Å². The van der Waals surface area contributed by atoms with Gasteiger partial charge in [-0.05, 0) is 57.1 Å². The van der Waals surface area contributed by atoms with E-state index in [0.717, 1.165) is 6.54 Å². The number of nitrogens with zero attached hydrogens (tertiary/aromatic N) is 1. The van der Waals surface area contributed by atoms with E-state index in [1.54, 1.807) is 0 Å². The van der Waals surface area contributed by atoms with Crippen LogP contribution in [0.2, 0.25) is 0 Å². The van der Waals surface area contributed by atoms with E-state index in [1.165, 1.54) is 27.8 Å². The van der Waals surface area contributed by atoms with Crippen molar-refractivity contribution in [1.29, 1.82) is 0 Å².